The molecule has 162 valence electrons. The van der Waals surface area contributed by atoms with Crippen molar-refractivity contribution in [1.82, 2.24) is 0 Å². The second kappa shape index (κ2) is 9.34. The molecule has 1 fully saturated rings. The zero-order chi connectivity index (χ0) is 21.9. The summed E-state index contributed by atoms with van der Waals surface area (Å²) in [5.74, 6) is -2.03. The van der Waals surface area contributed by atoms with E-state index in [4.69, 9.17) is 23.4 Å². The number of aliphatic hydroxyl groups is 1. The van der Waals surface area contributed by atoms with Crippen molar-refractivity contribution >= 4 is 26.2 Å². The molecule has 5 atom stereocenters. The smallest absolute Gasteiger partial charge is 0.303 e. The molecule has 0 radical (unpaired) electrons. The molecule has 0 aromatic rings. The normalized spacial score (nSPS) is 28.4. The van der Waals surface area contributed by atoms with Gasteiger partial charge in [-0.25, -0.2) is 0 Å². The first kappa shape index (κ1) is 24.5. The molecule has 0 aromatic carbocycles. The second-order valence-corrected chi connectivity index (χ2v) is 13.2. The molecule has 10 heteroatoms. The van der Waals surface area contributed by atoms with E-state index in [0.29, 0.717) is 0 Å². The molecule has 1 aliphatic heterocycles. The van der Waals surface area contributed by atoms with Crippen LogP contribution in [0.25, 0.3) is 0 Å². The molecule has 1 rings (SSSR count). The molecule has 9 nitrogen and oxygen atoms in total. The SMILES string of the molecule is CC(=O)O[C@@H]1[C@@H](OC(C)=O)[C@H](O)O[C@H](CO[Si](C)(C)C(C)(C)C)[C@H]1OC(C)=O. The fourth-order valence-corrected chi connectivity index (χ4v) is 3.53. The van der Waals surface area contributed by atoms with Crippen molar-refractivity contribution in [2.24, 2.45) is 0 Å². The third-order valence-electron chi connectivity index (χ3n) is 4.93. The van der Waals surface area contributed by atoms with Crippen LogP contribution in [0.2, 0.25) is 18.1 Å². The minimum atomic E-state index is -2.17. The van der Waals surface area contributed by atoms with Gasteiger partial charge < -0.3 is 28.5 Å². The first-order chi connectivity index (χ1) is 12.7. The number of hydrogen-bond donors (Lipinski definition) is 1. The Labute approximate surface area is 166 Å². The van der Waals surface area contributed by atoms with Gasteiger partial charge in [-0.3, -0.25) is 14.4 Å². The molecule has 28 heavy (non-hydrogen) atoms. The Morgan fingerprint density at radius 3 is 1.75 bits per heavy atom. The van der Waals surface area contributed by atoms with E-state index in [9.17, 15) is 19.5 Å². The largest absolute Gasteiger partial charge is 0.456 e. The van der Waals surface area contributed by atoms with E-state index in [2.05, 4.69) is 20.8 Å². The number of ether oxygens (including phenoxy) is 4. The van der Waals surface area contributed by atoms with Gasteiger partial charge in [-0.2, -0.15) is 0 Å². The summed E-state index contributed by atoms with van der Waals surface area (Å²) in [6, 6.07) is 0. The highest BCUT2D eigenvalue weighted by Crippen LogP contribution is 2.37. The molecule has 1 heterocycles. The number of carbonyl (C=O) groups is 3. The minimum Gasteiger partial charge on any atom is -0.456 e. The summed E-state index contributed by atoms with van der Waals surface area (Å²) in [7, 11) is -2.17. The molecule has 0 aliphatic carbocycles. The van der Waals surface area contributed by atoms with Crippen molar-refractivity contribution in [3.05, 3.63) is 0 Å². The lowest BCUT2D eigenvalue weighted by Gasteiger charge is -2.44. The van der Waals surface area contributed by atoms with Crippen LogP contribution in [-0.4, -0.2) is 68.6 Å². The summed E-state index contributed by atoms with van der Waals surface area (Å²) in [4.78, 5) is 34.6. The van der Waals surface area contributed by atoms with Gasteiger partial charge in [0.2, 0.25) is 0 Å². The molecular weight excluding hydrogens is 388 g/mol. The van der Waals surface area contributed by atoms with Crippen LogP contribution >= 0.6 is 0 Å². The molecule has 0 bridgehead atoms. The highest BCUT2D eigenvalue weighted by Gasteiger charge is 2.52. The monoisotopic (exact) mass is 420 g/mol. The van der Waals surface area contributed by atoms with E-state index < -0.39 is 56.9 Å². The van der Waals surface area contributed by atoms with Gasteiger partial charge in [0.15, 0.2) is 32.9 Å². The van der Waals surface area contributed by atoms with E-state index in [-0.39, 0.29) is 11.6 Å². The number of aliphatic hydroxyl groups excluding tert-OH is 1. The average molecular weight is 421 g/mol. The average Bonchev–Trinajstić information content (AvgIpc) is 2.49. The minimum absolute atomic E-state index is 0.00998. The van der Waals surface area contributed by atoms with Crippen LogP contribution in [0.15, 0.2) is 0 Å². The molecule has 0 saturated carbocycles. The van der Waals surface area contributed by atoms with Gasteiger partial charge in [-0.05, 0) is 18.1 Å². The lowest BCUT2D eigenvalue weighted by molar-refractivity contribution is -0.294. The van der Waals surface area contributed by atoms with Crippen LogP contribution in [0.3, 0.4) is 0 Å². The third-order valence-corrected chi connectivity index (χ3v) is 9.43. The van der Waals surface area contributed by atoms with Gasteiger partial charge in [-0.1, -0.05) is 20.8 Å². The lowest BCUT2D eigenvalue weighted by Crippen LogP contribution is -2.62. The Hall–Kier alpha value is -1.49. The Morgan fingerprint density at radius 2 is 1.32 bits per heavy atom. The molecule has 1 N–H and O–H groups in total. The number of hydrogen-bond acceptors (Lipinski definition) is 9. The van der Waals surface area contributed by atoms with Crippen molar-refractivity contribution in [2.75, 3.05) is 6.61 Å². The van der Waals surface area contributed by atoms with Gasteiger partial charge in [0.05, 0.1) is 6.61 Å². The van der Waals surface area contributed by atoms with Crippen molar-refractivity contribution in [1.29, 1.82) is 0 Å². The summed E-state index contributed by atoms with van der Waals surface area (Å²) >= 11 is 0. The molecular formula is C18H32O9Si. The number of esters is 3. The Bertz CT molecular complexity index is 584. The van der Waals surface area contributed by atoms with Crippen molar-refractivity contribution in [3.8, 4) is 0 Å². The fourth-order valence-electron chi connectivity index (χ4n) is 2.51. The van der Waals surface area contributed by atoms with Crippen LogP contribution in [-0.2, 0) is 37.8 Å². The maximum Gasteiger partial charge on any atom is 0.303 e. The predicted molar refractivity (Wildman–Crippen MR) is 101 cm³/mol. The van der Waals surface area contributed by atoms with E-state index in [1.165, 1.54) is 13.8 Å². The van der Waals surface area contributed by atoms with Crippen molar-refractivity contribution < 1.29 is 42.9 Å². The van der Waals surface area contributed by atoms with Gasteiger partial charge in [0, 0.05) is 20.8 Å². The van der Waals surface area contributed by atoms with Crippen LogP contribution in [0.5, 0.6) is 0 Å². The first-order valence-electron chi connectivity index (χ1n) is 9.15. The summed E-state index contributed by atoms with van der Waals surface area (Å²) in [5, 5.41) is 10.3. The van der Waals surface area contributed by atoms with Crippen LogP contribution in [0, 0.1) is 0 Å². The topological polar surface area (TPSA) is 118 Å². The summed E-state index contributed by atoms with van der Waals surface area (Å²) in [6.45, 7) is 13.8. The van der Waals surface area contributed by atoms with Gasteiger partial charge >= 0.3 is 17.9 Å². The van der Waals surface area contributed by atoms with E-state index in [1.54, 1.807) is 0 Å². The molecule has 0 unspecified atom stereocenters. The summed E-state index contributed by atoms with van der Waals surface area (Å²) in [5.41, 5.74) is 0. The predicted octanol–water partition coefficient (Wildman–Crippen LogP) is 1.52. The Kier molecular flexibility index (Phi) is 8.18. The maximum absolute atomic E-state index is 11.6. The molecule has 0 aromatic heterocycles. The highest BCUT2D eigenvalue weighted by atomic mass is 28.4. The standard InChI is InChI=1S/C18H32O9Si/c1-10(19)24-14-13(9-23-28(7,8)18(4,5)6)27-17(22)16(26-12(3)21)15(14)25-11(2)20/h13-17,22H,9H2,1-8H3/t13-,14-,15+,16-,17-/m1/s1. The highest BCUT2D eigenvalue weighted by molar-refractivity contribution is 6.74. The Balaban J connectivity index is 3.15. The first-order valence-corrected chi connectivity index (χ1v) is 12.1. The summed E-state index contributed by atoms with van der Waals surface area (Å²) < 4.78 is 27.3. The zero-order valence-electron chi connectivity index (χ0n) is 17.8. The van der Waals surface area contributed by atoms with Crippen LogP contribution < -0.4 is 0 Å². The quantitative estimate of drug-likeness (QED) is 0.387. The van der Waals surface area contributed by atoms with E-state index >= 15 is 0 Å². The summed E-state index contributed by atoms with van der Waals surface area (Å²) in [6.07, 6.45) is -6.17. The Morgan fingerprint density at radius 1 is 0.893 bits per heavy atom. The van der Waals surface area contributed by atoms with Gasteiger partial charge in [0.1, 0.15) is 6.10 Å². The van der Waals surface area contributed by atoms with E-state index in [1.807, 2.05) is 13.1 Å². The van der Waals surface area contributed by atoms with Gasteiger partial charge in [-0.15, -0.1) is 0 Å². The number of rotatable bonds is 6. The maximum atomic E-state index is 11.6. The molecule has 1 saturated heterocycles. The molecule has 1 aliphatic rings. The number of carbonyl (C=O) groups excluding carboxylic acids is 3. The van der Waals surface area contributed by atoms with Crippen molar-refractivity contribution in [3.63, 3.8) is 0 Å². The third kappa shape index (κ3) is 6.54. The molecule has 0 amide bonds. The van der Waals surface area contributed by atoms with Crippen LogP contribution in [0.4, 0.5) is 0 Å². The van der Waals surface area contributed by atoms with Gasteiger partial charge in [0.25, 0.3) is 0 Å². The van der Waals surface area contributed by atoms with Crippen LogP contribution in [0.1, 0.15) is 41.5 Å². The van der Waals surface area contributed by atoms with Crippen molar-refractivity contribution in [2.45, 2.75) is 90.4 Å². The second-order valence-electron chi connectivity index (χ2n) is 8.36. The molecule has 0 spiro atoms. The van der Waals surface area contributed by atoms with E-state index in [0.717, 1.165) is 6.92 Å². The lowest BCUT2D eigenvalue weighted by atomic mass is 9.98. The zero-order valence-corrected chi connectivity index (χ0v) is 18.8. The fraction of sp³-hybridized carbons (Fsp3) is 0.833.